The average molecular weight is 181 g/mol. The predicted molar refractivity (Wildman–Crippen MR) is 53.7 cm³/mol. The molecule has 1 aromatic rings. The van der Waals surface area contributed by atoms with E-state index in [2.05, 4.69) is 23.0 Å². The molecule has 1 saturated heterocycles. The average Bonchev–Trinajstić information content (AvgIpc) is 2.53. The van der Waals surface area contributed by atoms with Crippen molar-refractivity contribution in [3.05, 3.63) is 21.9 Å². The minimum absolute atomic E-state index is 0.644. The summed E-state index contributed by atoms with van der Waals surface area (Å²) in [5, 5.41) is 8.10. The number of piperidine rings is 1. The molecule has 0 bridgehead atoms. The molecule has 12 heavy (non-hydrogen) atoms. The van der Waals surface area contributed by atoms with Crippen molar-refractivity contribution in [1.82, 2.24) is 5.32 Å². The maximum Gasteiger partial charge on any atom is 0.0331 e. The third-order valence-electron chi connectivity index (χ3n) is 2.58. The van der Waals surface area contributed by atoms with Crippen LogP contribution in [0.5, 0.6) is 0 Å². The van der Waals surface area contributed by atoms with Gasteiger partial charge in [0.25, 0.3) is 0 Å². The topological polar surface area (TPSA) is 12.0 Å². The molecule has 0 amide bonds. The van der Waals surface area contributed by atoms with Crippen molar-refractivity contribution in [2.24, 2.45) is 0 Å². The molecule has 1 nitrogen and oxygen atoms in total. The van der Waals surface area contributed by atoms with Crippen molar-refractivity contribution >= 4 is 11.3 Å². The third-order valence-corrected chi connectivity index (χ3v) is 3.46. The summed E-state index contributed by atoms with van der Waals surface area (Å²) in [6.07, 6.45) is 4.05. The molecule has 1 N–H and O–H groups in total. The zero-order valence-corrected chi connectivity index (χ0v) is 8.29. The normalized spacial score (nSPS) is 24.2. The molecule has 1 unspecified atom stereocenters. The fraction of sp³-hybridized carbons (Fsp3) is 0.600. The molecule has 0 saturated carbocycles. The Morgan fingerprint density at radius 3 is 2.92 bits per heavy atom. The summed E-state index contributed by atoms with van der Waals surface area (Å²) in [7, 11) is 0. The van der Waals surface area contributed by atoms with Gasteiger partial charge < -0.3 is 5.32 Å². The molecule has 1 aliphatic heterocycles. The van der Waals surface area contributed by atoms with Gasteiger partial charge in [0.2, 0.25) is 0 Å². The highest BCUT2D eigenvalue weighted by Gasteiger charge is 2.16. The Morgan fingerprint density at radius 2 is 2.33 bits per heavy atom. The van der Waals surface area contributed by atoms with E-state index in [-0.39, 0.29) is 0 Å². The van der Waals surface area contributed by atoms with Crippen LogP contribution in [-0.2, 0) is 0 Å². The lowest BCUT2D eigenvalue weighted by Crippen LogP contribution is -2.26. The first-order valence-electron chi connectivity index (χ1n) is 4.64. The van der Waals surface area contributed by atoms with E-state index in [1.54, 1.807) is 0 Å². The van der Waals surface area contributed by atoms with Crippen molar-refractivity contribution in [2.75, 3.05) is 6.54 Å². The minimum atomic E-state index is 0.644. The summed E-state index contributed by atoms with van der Waals surface area (Å²) >= 11 is 1.82. The van der Waals surface area contributed by atoms with Crippen molar-refractivity contribution in [2.45, 2.75) is 32.2 Å². The molecule has 1 aliphatic rings. The van der Waals surface area contributed by atoms with Gasteiger partial charge in [0.05, 0.1) is 0 Å². The highest BCUT2D eigenvalue weighted by Crippen LogP contribution is 2.27. The van der Waals surface area contributed by atoms with Crippen LogP contribution in [0.1, 0.15) is 36.4 Å². The standard InChI is InChI=1S/C10H15NS/c1-8-6-12-7-9(8)10-4-2-3-5-11-10/h6-7,10-11H,2-5H2,1H3. The van der Waals surface area contributed by atoms with E-state index in [0.717, 1.165) is 0 Å². The van der Waals surface area contributed by atoms with Crippen LogP contribution in [0, 0.1) is 6.92 Å². The number of aryl methyl sites for hydroxylation is 1. The summed E-state index contributed by atoms with van der Waals surface area (Å²) in [6, 6.07) is 0.644. The molecule has 1 fully saturated rings. The molecule has 1 atom stereocenters. The second-order valence-electron chi connectivity index (χ2n) is 3.51. The molecule has 66 valence electrons. The lowest BCUT2D eigenvalue weighted by atomic mass is 9.97. The Balaban J connectivity index is 2.13. The highest BCUT2D eigenvalue weighted by molar-refractivity contribution is 7.08. The molecule has 0 aliphatic carbocycles. The van der Waals surface area contributed by atoms with E-state index < -0.39 is 0 Å². The number of hydrogen-bond donors (Lipinski definition) is 1. The molecular weight excluding hydrogens is 166 g/mol. The van der Waals surface area contributed by atoms with Crippen LogP contribution < -0.4 is 5.32 Å². The number of rotatable bonds is 1. The molecule has 1 aromatic heterocycles. The van der Waals surface area contributed by atoms with Crippen LogP contribution in [0.2, 0.25) is 0 Å². The van der Waals surface area contributed by atoms with Crippen LogP contribution >= 0.6 is 11.3 Å². The van der Waals surface area contributed by atoms with Gasteiger partial charge in [-0.2, -0.15) is 11.3 Å². The van der Waals surface area contributed by atoms with Gasteiger partial charge >= 0.3 is 0 Å². The summed E-state index contributed by atoms with van der Waals surface area (Å²) < 4.78 is 0. The first-order chi connectivity index (χ1) is 5.88. The highest BCUT2D eigenvalue weighted by atomic mass is 32.1. The Morgan fingerprint density at radius 1 is 1.42 bits per heavy atom. The number of hydrogen-bond acceptors (Lipinski definition) is 2. The smallest absolute Gasteiger partial charge is 0.0331 e. The van der Waals surface area contributed by atoms with E-state index in [1.165, 1.54) is 36.9 Å². The Bertz CT molecular complexity index is 248. The van der Waals surface area contributed by atoms with Gasteiger partial charge in [0, 0.05) is 6.04 Å². The monoisotopic (exact) mass is 181 g/mol. The lowest BCUT2D eigenvalue weighted by molar-refractivity contribution is 0.412. The Kier molecular flexibility index (Phi) is 2.47. The molecule has 0 radical (unpaired) electrons. The molecular formula is C10H15NS. The second-order valence-corrected chi connectivity index (χ2v) is 4.26. The minimum Gasteiger partial charge on any atom is -0.310 e. The Labute approximate surface area is 77.8 Å². The fourth-order valence-corrected chi connectivity index (χ4v) is 2.75. The van der Waals surface area contributed by atoms with Gasteiger partial charge in [-0.1, -0.05) is 6.42 Å². The summed E-state index contributed by atoms with van der Waals surface area (Å²) in [6.45, 7) is 3.40. The van der Waals surface area contributed by atoms with Gasteiger partial charge in [0.1, 0.15) is 0 Å². The predicted octanol–water partition coefficient (Wildman–Crippen LogP) is 2.87. The van der Waals surface area contributed by atoms with Crippen LogP contribution in [-0.4, -0.2) is 6.54 Å². The molecule has 0 aromatic carbocycles. The van der Waals surface area contributed by atoms with Gasteiger partial charge in [-0.25, -0.2) is 0 Å². The summed E-state index contributed by atoms with van der Waals surface area (Å²) in [4.78, 5) is 0. The summed E-state index contributed by atoms with van der Waals surface area (Å²) in [5.41, 5.74) is 2.99. The molecule has 2 heteroatoms. The van der Waals surface area contributed by atoms with Crippen molar-refractivity contribution in [3.63, 3.8) is 0 Å². The molecule has 2 heterocycles. The van der Waals surface area contributed by atoms with Crippen LogP contribution in [0.15, 0.2) is 10.8 Å². The maximum atomic E-state index is 3.57. The largest absolute Gasteiger partial charge is 0.310 e. The van der Waals surface area contributed by atoms with E-state index >= 15 is 0 Å². The van der Waals surface area contributed by atoms with E-state index in [0.29, 0.717) is 6.04 Å². The van der Waals surface area contributed by atoms with Gasteiger partial charge in [-0.3, -0.25) is 0 Å². The van der Waals surface area contributed by atoms with Gasteiger partial charge in [-0.15, -0.1) is 0 Å². The maximum absolute atomic E-state index is 3.57. The van der Waals surface area contributed by atoms with Crippen LogP contribution in [0.25, 0.3) is 0 Å². The van der Waals surface area contributed by atoms with E-state index in [1.807, 2.05) is 11.3 Å². The lowest BCUT2D eigenvalue weighted by Gasteiger charge is -2.23. The molecule has 2 rings (SSSR count). The van der Waals surface area contributed by atoms with Gasteiger partial charge in [-0.05, 0) is 48.2 Å². The SMILES string of the molecule is Cc1cscc1C1CCCCN1. The van der Waals surface area contributed by atoms with E-state index in [4.69, 9.17) is 0 Å². The van der Waals surface area contributed by atoms with Crippen LogP contribution in [0.4, 0.5) is 0 Å². The fourth-order valence-electron chi connectivity index (χ4n) is 1.84. The third kappa shape index (κ3) is 1.54. The number of thiophene rings is 1. The van der Waals surface area contributed by atoms with Crippen LogP contribution in [0.3, 0.4) is 0 Å². The zero-order valence-electron chi connectivity index (χ0n) is 7.47. The van der Waals surface area contributed by atoms with Gasteiger partial charge in [0.15, 0.2) is 0 Å². The Hall–Kier alpha value is -0.340. The number of nitrogens with one attached hydrogen (secondary N) is 1. The van der Waals surface area contributed by atoms with Crippen molar-refractivity contribution in [3.8, 4) is 0 Å². The van der Waals surface area contributed by atoms with E-state index in [9.17, 15) is 0 Å². The van der Waals surface area contributed by atoms with Crippen molar-refractivity contribution in [1.29, 1.82) is 0 Å². The quantitative estimate of drug-likeness (QED) is 0.702. The first kappa shape index (κ1) is 8.27. The summed E-state index contributed by atoms with van der Waals surface area (Å²) in [5.74, 6) is 0. The zero-order chi connectivity index (χ0) is 8.39. The first-order valence-corrected chi connectivity index (χ1v) is 5.58. The van der Waals surface area contributed by atoms with Crippen molar-refractivity contribution < 1.29 is 0 Å². The molecule has 0 spiro atoms. The second kappa shape index (κ2) is 3.58.